The van der Waals surface area contributed by atoms with Crippen molar-refractivity contribution in [1.82, 2.24) is 4.98 Å². The molecule has 0 N–H and O–H groups in total. The van der Waals surface area contributed by atoms with Gasteiger partial charge in [0.25, 0.3) is 0 Å². The minimum atomic E-state index is 0.399. The summed E-state index contributed by atoms with van der Waals surface area (Å²) in [6.45, 7) is 0. The Kier molecular flexibility index (Phi) is 3.54. The normalized spacial score (nSPS) is 11.5. The number of hydrogen-bond acceptors (Lipinski definition) is 2. The lowest BCUT2D eigenvalue weighted by Gasteiger charge is -2.00. The van der Waals surface area contributed by atoms with Crippen LogP contribution in [0.5, 0.6) is 0 Å². The van der Waals surface area contributed by atoms with Crippen molar-refractivity contribution >= 4 is 34.1 Å². The second-order valence-electron chi connectivity index (χ2n) is 3.09. The molecular weight excluding hydrogens is 243 g/mol. The van der Waals surface area contributed by atoms with E-state index in [1.165, 1.54) is 0 Å². The lowest BCUT2D eigenvalue weighted by Crippen LogP contribution is -1.90. The highest BCUT2D eigenvalue weighted by Crippen LogP contribution is 2.25. The van der Waals surface area contributed by atoms with Gasteiger partial charge in [-0.25, -0.2) is 4.99 Å². The first kappa shape index (κ1) is 11.1. The van der Waals surface area contributed by atoms with Gasteiger partial charge in [0.1, 0.15) is 5.17 Å². The fourth-order valence-corrected chi connectivity index (χ4v) is 1.60. The van der Waals surface area contributed by atoms with E-state index in [1.54, 1.807) is 30.6 Å². The summed E-state index contributed by atoms with van der Waals surface area (Å²) in [6, 6.07) is 10.9. The fourth-order valence-electron chi connectivity index (χ4n) is 1.20. The molecule has 1 heterocycles. The summed E-state index contributed by atoms with van der Waals surface area (Å²) in [5, 5.41) is 0.977. The Morgan fingerprint density at radius 2 is 1.75 bits per heavy atom. The molecule has 2 aromatic rings. The number of rotatable bonds is 2. The molecule has 0 unspecified atom stereocenters. The third kappa shape index (κ3) is 2.60. The monoisotopic (exact) mass is 250 g/mol. The molecule has 0 fully saturated rings. The molecule has 0 spiro atoms. The quantitative estimate of drug-likeness (QED) is 0.739. The van der Waals surface area contributed by atoms with E-state index < -0.39 is 0 Å². The third-order valence-electron chi connectivity index (χ3n) is 1.99. The van der Waals surface area contributed by atoms with Crippen molar-refractivity contribution < 1.29 is 0 Å². The van der Waals surface area contributed by atoms with Gasteiger partial charge in [-0.1, -0.05) is 35.3 Å². The van der Waals surface area contributed by atoms with Gasteiger partial charge in [0.05, 0.1) is 10.7 Å². The van der Waals surface area contributed by atoms with Crippen LogP contribution in [-0.2, 0) is 0 Å². The van der Waals surface area contributed by atoms with Crippen molar-refractivity contribution in [2.24, 2.45) is 4.99 Å². The van der Waals surface area contributed by atoms with Crippen LogP contribution in [0.1, 0.15) is 5.56 Å². The number of para-hydroxylation sites is 1. The molecule has 1 aromatic carbocycles. The van der Waals surface area contributed by atoms with Crippen molar-refractivity contribution in [1.29, 1.82) is 0 Å². The third-order valence-corrected chi connectivity index (χ3v) is 2.61. The van der Waals surface area contributed by atoms with Crippen LogP contribution >= 0.6 is 23.2 Å². The maximum absolute atomic E-state index is 6.08. The van der Waals surface area contributed by atoms with Crippen LogP contribution in [0.25, 0.3) is 0 Å². The highest BCUT2D eigenvalue weighted by molar-refractivity contribution is 6.69. The van der Waals surface area contributed by atoms with Crippen molar-refractivity contribution in [2.45, 2.75) is 0 Å². The molecule has 0 radical (unpaired) electrons. The van der Waals surface area contributed by atoms with Crippen molar-refractivity contribution in [3.63, 3.8) is 0 Å². The average molecular weight is 251 g/mol. The Bertz CT molecular complexity index is 509. The molecule has 0 atom stereocenters. The van der Waals surface area contributed by atoms with Crippen molar-refractivity contribution in [3.05, 3.63) is 59.4 Å². The molecule has 0 aliphatic carbocycles. The van der Waals surface area contributed by atoms with E-state index in [1.807, 2.05) is 18.2 Å². The topological polar surface area (TPSA) is 25.2 Å². The molecular formula is C12H8Cl2N2. The first-order chi connectivity index (χ1) is 7.77. The largest absolute Gasteiger partial charge is 0.265 e. The summed E-state index contributed by atoms with van der Waals surface area (Å²) in [7, 11) is 0. The summed E-state index contributed by atoms with van der Waals surface area (Å²) < 4.78 is 0. The van der Waals surface area contributed by atoms with Crippen LogP contribution in [0.15, 0.2) is 53.8 Å². The van der Waals surface area contributed by atoms with Crippen LogP contribution in [0.4, 0.5) is 5.69 Å². The van der Waals surface area contributed by atoms with E-state index in [0.717, 1.165) is 5.56 Å². The van der Waals surface area contributed by atoms with E-state index in [0.29, 0.717) is 15.9 Å². The van der Waals surface area contributed by atoms with E-state index in [9.17, 15) is 0 Å². The smallest absolute Gasteiger partial charge is 0.137 e. The summed E-state index contributed by atoms with van der Waals surface area (Å²) in [6.07, 6.45) is 3.33. The molecule has 0 amide bonds. The van der Waals surface area contributed by atoms with Gasteiger partial charge in [0.2, 0.25) is 0 Å². The van der Waals surface area contributed by atoms with Crippen LogP contribution in [0.3, 0.4) is 0 Å². The number of nitrogens with zero attached hydrogens (tertiary/aromatic N) is 2. The van der Waals surface area contributed by atoms with Crippen LogP contribution in [-0.4, -0.2) is 10.2 Å². The fraction of sp³-hybridized carbons (Fsp3) is 0. The van der Waals surface area contributed by atoms with Crippen LogP contribution < -0.4 is 0 Å². The van der Waals surface area contributed by atoms with Crippen molar-refractivity contribution in [3.8, 4) is 0 Å². The highest BCUT2D eigenvalue weighted by Gasteiger charge is 2.01. The predicted molar refractivity (Wildman–Crippen MR) is 67.7 cm³/mol. The molecule has 4 heteroatoms. The minimum absolute atomic E-state index is 0.399. The maximum Gasteiger partial charge on any atom is 0.137 e. The van der Waals surface area contributed by atoms with Crippen LogP contribution in [0, 0.1) is 0 Å². The molecule has 2 rings (SSSR count). The number of aliphatic imine (C=N–C) groups is 1. The van der Waals surface area contributed by atoms with E-state index in [4.69, 9.17) is 23.2 Å². The Morgan fingerprint density at radius 3 is 2.44 bits per heavy atom. The van der Waals surface area contributed by atoms with Crippen LogP contribution in [0.2, 0.25) is 5.02 Å². The molecule has 0 saturated carbocycles. The van der Waals surface area contributed by atoms with Crippen molar-refractivity contribution in [2.75, 3.05) is 0 Å². The minimum Gasteiger partial charge on any atom is -0.265 e. The molecule has 1 aromatic heterocycles. The molecule has 0 saturated heterocycles. The molecule has 0 aliphatic heterocycles. The van der Waals surface area contributed by atoms with E-state index >= 15 is 0 Å². The lowest BCUT2D eigenvalue weighted by atomic mass is 10.3. The average Bonchev–Trinajstić information content (AvgIpc) is 2.33. The standard InChI is InChI=1S/C12H8Cl2N2/c13-10-3-1-2-4-11(10)16-12(14)9-5-7-15-8-6-9/h1-8H. The van der Waals surface area contributed by atoms with Gasteiger partial charge in [-0.3, -0.25) is 4.98 Å². The number of benzene rings is 1. The van der Waals surface area contributed by atoms with Gasteiger partial charge < -0.3 is 0 Å². The Labute approximate surface area is 104 Å². The second kappa shape index (κ2) is 5.10. The predicted octanol–water partition coefficient (Wildman–Crippen LogP) is 4.05. The molecule has 2 nitrogen and oxygen atoms in total. The van der Waals surface area contributed by atoms with Gasteiger partial charge in [0.15, 0.2) is 0 Å². The Balaban J connectivity index is 2.36. The molecule has 80 valence electrons. The van der Waals surface area contributed by atoms with Gasteiger partial charge in [-0.05, 0) is 24.3 Å². The zero-order valence-corrected chi connectivity index (χ0v) is 9.78. The molecule has 0 bridgehead atoms. The number of pyridine rings is 1. The molecule has 0 aliphatic rings. The van der Waals surface area contributed by atoms with Gasteiger partial charge in [-0.2, -0.15) is 0 Å². The number of aromatic nitrogens is 1. The first-order valence-electron chi connectivity index (χ1n) is 4.66. The summed E-state index contributed by atoms with van der Waals surface area (Å²) in [4.78, 5) is 8.16. The SMILES string of the molecule is ClC(=Nc1ccccc1Cl)c1ccncc1. The zero-order chi connectivity index (χ0) is 11.4. The first-order valence-corrected chi connectivity index (χ1v) is 5.42. The van der Waals surface area contributed by atoms with Gasteiger partial charge >= 0.3 is 0 Å². The van der Waals surface area contributed by atoms with Gasteiger partial charge in [0, 0.05) is 18.0 Å². The summed E-state index contributed by atoms with van der Waals surface area (Å²) in [5.74, 6) is 0. The Hall–Kier alpha value is -1.38. The van der Waals surface area contributed by atoms with E-state index in [2.05, 4.69) is 9.98 Å². The number of halogens is 2. The zero-order valence-electron chi connectivity index (χ0n) is 8.27. The highest BCUT2D eigenvalue weighted by atomic mass is 35.5. The summed E-state index contributed by atoms with van der Waals surface area (Å²) >= 11 is 12.1. The second-order valence-corrected chi connectivity index (χ2v) is 3.86. The molecule has 16 heavy (non-hydrogen) atoms. The maximum atomic E-state index is 6.08. The Morgan fingerprint density at radius 1 is 1.06 bits per heavy atom. The summed E-state index contributed by atoms with van der Waals surface area (Å²) in [5.41, 5.74) is 1.47. The number of hydrogen-bond donors (Lipinski definition) is 0. The van der Waals surface area contributed by atoms with Gasteiger partial charge in [-0.15, -0.1) is 0 Å². The van der Waals surface area contributed by atoms with E-state index in [-0.39, 0.29) is 0 Å². The lowest BCUT2D eigenvalue weighted by molar-refractivity contribution is 1.32.